The van der Waals surface area contributed by atoms with Gasteiger partial charge in [-0.3, -0.25) is 0 Å². The van der Waals surface area contributed by atoms with Crippen LogP contribution in [0.3, 0.4) is 0 Å². The highest BCUT2D eigenvalue weighted by Crippen LogP contribution is 2.34. The standard InChI is InChI=1S/C13H15N3O2S/c1-13(2)8-18-12(17)16(13)11-14-10(7-19-11)9-4-5-15(3)6-9/h4-7H,8H2,1-3H3. The number of carbonyl (C=O) groups is 1. The van der Waals surface area contributed by atoms with E-state index in [2.05, 4.69) is 4.98 Å². The van der Waals surface area contributed by atoms with E-state index in [4.69, 9.17) is 4.74 Å². The van der Waals surface area contributed by atoms with Crippen LogP contribution in [0.15, 0.2) is 23.8 Å². The van der Waals surface area contributed by atoms with E-state index in [-0.39, 0.29) is 11.6 Å². The van der Waals surface area contributed by atoms with Gasteiger partial charge in [0.2, 0.25) is 0 Å². The lowest BCUT2D eigenvalue weighted by Crippen LogP contribution is -2.42. The van der Waals surface area contributed by atoms with Gasteiger partial charge in [0.1, 0.15) is 6.61 Å². The Balaban J connectivity index is 1.95. The first-order valence-corrected chi connectivity index (χ1v) is 6.90. The highest BCUT2D eigenvalue weighted by molar-refractivity contribution is 7.14. The van der Waals surface area contributed by atoms with E-state index in [1.165, 1.54) is 11.3 Å². The van der Waals surface area contributed by atoms with Gasteiger partial charge in [-0.25, -0.2) is 14.7 Å². The van der Waals surface area contributed by atoms with Crippen molar-refractivity contribution >= 4 is 22.6 Å². The van der Waals surface area contributed by atoms with Crippen LogP contribution < -0.4 is 4.90 Å². The van der Waals surface area contributed by atoms with Crippen molar-refractivity contribution in [2.45, 2.75) is 19.4 Å². The van der Waals surface area contributed by atoms with Gasteiger partial charge in [-0.2, -0.15) is 0 Å². The number of nitrogens with zero attached hydrogens (tertiary/aromatic N) is 3. The van der Waals surface area contributed by atoms with Gasteiger partial charge < -0.3 is 9.30 Å². The smallest absolute Gasteiger partial charge is 0.416 e. The van der Waals surface area contributed by atoms with Crippen LogP contribution in [0, 0.1) is 0 Å². The van der Waals surface area contributed by atoms with Crippen molar-refractivity contribution in [1.29, 1.82) is 0 Å². The Morgan fingerprint density at radius 1 is 1.47 bits per heavy atom. The third-order valence-electron chi connectivity index (χ3n) is 3.15. The van der Waals surface area contributed by atoms with Crippen LogP contribution in [-0.4, -0.2) is 27.8 Å². The number of thiazole rings is 1. The second kappa shape index (κ2) is 4.09. The fourth-order valence-electron chi connectivity index (χ4n) is 2.11. The summed E-state index contributed by atoms with van der Waals surface area (Å²) in [4.78, 5) is 18.0. The molecule has 6 heteroatoms. The zero-order valence-corrected chi connectivity index (χ0v) is 11.9. The molecule has 2 aromatic rings. The van der Waals surface area contributed by atoms with Crippen LogP contribution in [0.2, 0.25) is 0 Å². The van der Waals surface area contributed by atoms with E-state index in [1.54, 1.807) is 4.90 Å². The molecule has 1 amide bonds. The summed E-state index contributed by atoms with van der Waals surface area (Å²) in [5.74, 6) is 0. The third kappa shape index (κ3) is 2.02. The Hall–Kier alpha value is -1.82. The van der Waals surface area contributed by atoms with Crippen LogP contribution in [-0.2, 0) is 11.8 Å². The predicted octanol–water partition coefficient (Wildman–Crippen LogP) is 2.88. The van der Waals surface area contributed by atoms with Gasteiger partial charge in [0.15, 0.2) is 5.13 Å². The highest BCUT2D eigenvalue weighted by atomic mass is 32.1. The van der Waals surface area contributed by atoms with E-state index in [1.807, 2.05) is 49.3 Å². The zero-order valence-electron chi connectivity index (χ0n) is 11.1. The lowest BCUT2D eigenvalue weighted by Gasteiger charge is -2.24. The van der Waals surface area contributed by atoms with Crippen molar-refractivity contribution in [1.82, 2.24) is 9.55 Å². The minimum atomic E-state index is -0.344. The Kier molecular flexibility index (Phi) is 2.63. The van der Waals surface area contributed by atoms with Crippen molar-refractivity contribution in [2.75, 3.05) is 11.5 Å². The minimum absolute atomic E-state index is 0.320. The molecule has 0 radical (unpaired) electrons. The third-order valence-corrected chi connectivity index (χ3v) is 3.97. The topological polar surface area (TPSA) is 47.4 Å². The molecule has 5 nitrogen and oxygen atoms in total. The summed E-state index contributed by atoms with van der Waals surface area (Å²) in [6.45, 7) is 4.34. The summed E-state index contributed by atoms with van der Waals surface area (Å²) in [7, 11) is 1.97. The average molecular weight is 277 g/mol. The number of anilines is 1. The van der Waals surface area contributed by atoms with Crippen molar-refractivity contribution in [3.05, 3.63) is 23.8 Å². The maximum Gasteiger partial charge on any atom is 0.416 e. The molecule has 3 rings (SSSR count). The van der Waals surface area contributed by atoms with Gasteiger partial charge in [-0.1, -0.05) is 0 Å². The molecule has 0 aliphatic carbocycles. The minimum Gasteiger partial charge on any atom is -0.447 e. The molecule has 0 aromatic carbocycles. The van der Waals surface area contributed by atoms with Gasteiger partial charge in [-0.05, 0) is 19.9 Å². The number of rotatable bonds is 2. The van der Waals surface area contributed by atoms with Gasteiger partial charge in [0.25, 0.3) is 0 Å². The molecule has 1 fully saturated rings. The fraction of sp³-hybridized carbons (Fsp3) is 0.385. The molecular formula is C13H15N3O2S. The molecule has 1 aliphatic heterocycles. The summed E-state index contributed by atoms with van der Waals surface area (Å²) in [6.07, 6.45) is 3.66. The SMILES string of the molecule is Cn1ccc(-c2csc(N3C(=O)OCC3(C)C)n2)c1. The molecule has 0 N–H and O–H groups in total. The summed E-state index contributed by atoms with van der Waals surface area (Å²) in [5, 5.41) is 2.65. The van der Waals surface area contributed by atoms with Gasteiger partial charge >= 0.3 is 6.09 Å². The van der Waals surface area contributed by atoms with E-state index in [0.29, 0.717) is 11.7 Å². The van der Waals surface area contributed by atoms with Crippen molar-refractivity contribution < 1.29 is 9.53 Å². The first-order chi connectivity index (χ1) is 8.97. The molecule has 2 aromatic heterocycles. The largest absolute Gasteiger partial charge is 0.447 e. The summed E-state index contributed by atoms with van der Waals surface area (Å²) in [5.41, 5.74) is 1.59. The van der Waals surface area contributed by atoms with Crippen molar-refractivity contribution in [3.8, 4) is 11.3 Å². The normalized spacial score (nSPS) is 17.8. The lowest BCUT2D eigenvalue weighted by atomic mass is 10.1. The molecule has 0 spiro atoms. The fourth-order valence-corrected chi connectivity index (χ4v) is 3.09. The lowest BCUT2D eigenvalue weighted by molar-refractivity contribution is 0.175. The maximum absolute atomic E-state index is 11.8. The number of carbonyl (C=O) groups excluding carboxylic acids is 1. The van der Waals surface area contributed by atoms with Crippen LogP contribution in [0.25, 0.3) is 11.3 Å². The molecule has 19 heavy (non-hydrogen) atoms. The number of cyclic esters (lactones) is 1. The zero-order chi connectivity index (χ0) is 13.6. The quantitative estimate of drug-likeness (QED) is 0.848. The predicted molar refractivity (Wildman–Crippen MR) is 74.4 cm³/mol. The van der Waals surface area contributed by atoms with Crippen LogP contribution in [0.1, 0.15) is 13.8 Å². The maximum atomic E-state index is 11.8. The summed E-state index contributed by atoms with van der Waals surface area (Å²) >= 11 is 1.46. The van der Waals surface area contributed by atoms with Crippen LogP contribution in [0.4, 0.5) is 9.93 Å². The Morgan fingerprint density at radius 2 is 2.26 bits per heavy atom. The molecule has 0 atom stereocenters. The Bertz CT molecular complexity index is 629. The van der Waals surface area contributed by atoms with Crippen LogP contribution >= 0.6 is 11.3 Å². The van der Waals surface area contributed by atoms with E-state index >= 15 is 0 Å². The Morgan fingerprint density at radius 3 is 2.84 bits per heavy atom. The molecule has 0 bridgehead atoms. The second-order valence-corrected chi connectivity index (χ2v) is 6.12. The van der Waals surface area contributed by atoms with Crippen molar-refractivity contribution in [2.24, 2.45) is 7.05 Å². The number of ether oxygens (including phenoxy) is 1. The second-order valence-electron chi connectivity index (χ2n) is 5.28. The monoisotopic (exact) mass is 277 g/mol. The number of hydrogen-bond acceptors (Lipinski definition) is 4. The van der Waals surface area contributed by atoms with Gasteiger partial charge in [-0.15, -0.1) is 11.3 Å². The van der Waals surface area contributed by atoms with Crippen LogP contribution in [0.5, 0.6) is 0 Å². The number of hydrogen-bond donors (Lipinski definition) is 0. The number of aryl methyl sites for hydroxylation is 1. The highest BCUT2D eigenvalue weighted by Gasteiger charge is 2.42. The first-order valence-electron chi connectivity index (χ1n) is 6.02. The summed E-state index contributed by atoms with van der Waals surface area (Å²) in [6, 6.07) is 2.01. The molecule has 0 unspecified atom stereocenters. The van der Waals surface area contributed by atoms with Gasteiger partial charge in [0, 0.05) is 30.4 Å². The van der Waals surface area contributed by atoms with Crippen molar-refractivity contribution in [3.63, 3.8) is 0 Å². The molecule has 1 saturated heterocycles. The number of aromatic nitrogens is 2. The summed E-state index contributed by atoms with van der Waals surface area (Å²) < 4.78 is 7.08. The van der Waals surface area contributed by atoms with E-state index in [0.717, 1.165) is 11.3 Å². The molecule has 100 valence electrons. The Labute approximate surface area is 115 Å². The molecule has 0 saturated carbocycles. The number of amides is 1. The van der Waals surface area contributed by atoms with Gasteiger partial charge in [0.05, 0.1) is 11.2 Å². The molecule has 1 aliphatic rings. The van der Waals surface area contributed by atoms with E-state index in [9.17, 15) is 4.79 Å². The first kappa shape index (κ1) is 12.2. The molecule has 3 heterocycles. The average Bonchev–Trinajstić information content (AvgIpc) is 3.00. The van der Waals surface area contributed by atoms with E-state index < -0.39 is 0 Å². The molecular weight excluding hydrogens is 262 g/mol.